The summed E-state index contributed by atoms with van der Waals surface area (Å²) in [6.45, 7) is 4.37. The number of ether oxygens (including phenoxy) is 1. The van der Waals surface area contributed by atoms with Crippen molar-refractivity contribution in [1.82, 2.24) is 29.9 Å². The summed E-state index contributed by atoms with van der Waals surface area (Å²) in [5.41, 5.74) is 2.47. The summed E-state index contributed by atoms with van der Waals surface area (Å²) in [4.78, 5) is 12.8. The number of fused-ring (bicyclic) bond motifs is 1. The second-order valence-corrected chi connectivity index (χ2v) is 7.47. The molecule has 2 aromatic heterocycles. The maximum Gasteiger partial charge on any atom is 0.272 e. The first-order valence-electron chi connectivity index (χ1n) is 9.33. The zero-order chi connectivity index (χ0) is 18.4. The highest BCUT2D eigenvalue weighted by atomic mass is 16.5. The molecular formula is C18H26N6O2. The van der Waals surface area contributed by atoms with Crippen LogP contribution in [0.5, 0.6) is 0 Å². The van der Waals surface area contributed by atoms with Crippen LogP contribution in [0.2, 0.25) is 0 Å². The number of carbonyl (C=O) groups is 1. The molecule has 1 aliphatic carbocycles. The Morgan fingerprint density at radius 3 is 2.73 bits per heavy atom. The van der Waals surface area contributed by atoms with E-state index in [2.05, 4.69) is 20.6 Å². The van der Waals surface area contributed by atoms with Gasteiger partial charge in [-0.1, -0.05) is 6.42 Å². The Kier molecular flexibility index (Phi) is 4.30. The molecule has 1 fully saturated rings. The summed E-state index contributed by atoms with van der Waals surface area (Å²) < 4.78 is 9.63. The van der Waals surface area contributed by atoms with Gasteiger partial charge in [0, 0.05) is 32.0 Å². The van der Waals surface area contributed by atoms with Crippen LogP contribution in [0.4, 0.5) is 0 Å². The number of aryl methyl sites for hydroxylation is 1. The van der Waals surface area contributed by atoms with Gasteiger partial charge in [-0.3, -0.25) is 9.48 Å². The summed E-state index contributed by atoms with van der Waals surface area (Å²) in [6.07, 6.45) is 4.34. The van der Waals surface area contributed by atoms with E-state index in [-0.39, 0.29) is 18.1 Å². The summed E-state index contributed by atoms with van der Waals surface area (Å²) >= 11 is 0. The highest BCUT2D eigenvalue weighted by molar-refractivity contribution is 5.94. The van der Waals surface area contributed by atoms with Gasteiger partial charge >= 0.3 is 0 Å². The van der Waals surface area contributed by atoms with Crippen molar-refractivity contribution in [3.8, 4) is 0 Å². The Labute approximate surface area is 152 Å². The van der Waals surface area contributed by atoms with E-state index < -0.39 is 0 Å². The lowest BCUT2D eigenvalue weighted by molar-refractivity contribution is -0.00903. The van der Waals surface area contributed by atoms with Crippen LogP contribution in [0.25, 0.3) is 0 Å². The fourth-order valence-electron chi connectivity index (χ4n) is 4.02. The first kappa shape index (κ1) is 17.2. The molecule has 0 bridgehead atoms. The van der Waals surface area contributed by atoms with Crippen LogP contribution in [0, 0.1) is 0 Å². The topological polar surface area (TPSA) is 86.9 Å². The third-order valence-corrected chi connectivity index (χ3v) is 5.60. The van der Waals surface area contributed by atoms with Gasteiger partial charge in [0.25, 0.3) is 5.91 Å². The minimum Gasteiger partial charge on any atom is -0.369 e. The number of amides is 1. The molecule has 2 aliphatic rings. The fourth-order valence-corrected chi connectivity index (χ4v) is 4.02. The SMILES string of the molecule is C[C@@H]1Cc2c(C(=O)NCc3nnc(C4CCC4)n3C)nn(C)c2[C@H](C)O1. The van der Waals surface area contributed by atoms with Crippen LogP contribution in [0.3, 0.4) is 0 Å². The molecule has 1 amide bonds. The lowest BCUT2D eigenvalue weighted by Gasteiger charge is -2.26. The van der Waals surface area contributed by atoms with Crippen molar-refractivity contribution in [2.24, 2.45) is 14.1 Å². The lowest BCUT2D eigenvalue weighted by Crippen LogP contribution is -2.28. The number of aromatic nitrogens is 5. The van der Waals surface area contributed by atoms with Gasteiger partial charge in [-0.2, -0.15) is 5.10 Å². The zero-order valence-corrected chi connectivity index (χ0v) is 15.8. The van der Waals surface area contributed by atoms with Gasteiger partial charge in [-0.15, -0.1) is 10.2 Å². The Hall–Kier alpha value is -2.22. The van der Waals surface area contributed by atoms with E-state index >= 15 is 0 Å². The third-order valence-electron chi connectivity index (χ3n) is 5.60. The Bertz CT molecular complexity index is 835. The Balaban J connectivity index is 1.49. The molecule has 0 aromatic carbocycles. The largest absolute Gasteiger partial charge is 0.369 e. The van der Waals surface area contributed by atoms with Crippen molar-refractivity contribution in [2.75, 3.05) is 0 Å². The van der Waals surface area contributed by atoms with Crippen LogP contribution in [-0.4, -0.2) is 36.6 Å². The number of rotatable bonds is 4. The van der Waals surface area contributed by atoms with Crippen molar-refractivity contribution in [3.63, 3.8) is 0 Å². The fraction of sp³-hybridized carbons (Fsp3) is 0.667. The highest BCUT2D eigenvalue weighted by Crippen LogP contribution is 2.35. The molecule has 0 saturated heterocycles. The molecule has 26 heavy (non-hydrogen) atoms. The summed E-state index contributed by atoms with van der Waals surface area (Å²) in [5, 5.41) is 16.0. The molecule has 1 aliphatic heterocycles. The van der Waals surface area contributed by atoms with Crippen LogP contribution in [0.1, 0.15) is 78.5 Å². The summed E-state index contributed by atoms with van der Waals surface area (Å²) in [7, 11) is 3.83. The van der Waals surface area contributed by atoms with Gasteiger partial charge in [0.1, 0.15) is 5.82 Å². The second-order valence-electron chi connectivity index (χ2n) is 7.47. The van der Waals surface area contributed by atoms with Gasteiger partial charge in [0.15, 0.2) is 11.5 Å². The van der Waals surface area contributed by atoms with E-state index in [0.717, 1.165) is 22.9 Å². The molecule has 8 heteroatoms. The van der Waals surface area contributed by atoms with Crippen LogP contribution in [0.15, 0.2) is 0 Å². The van der Waals surface area contributed by atoms with Crippen LogP contribution >= 0.6 is 0 Å². The molecule has 0 radical (unpaired) electrons. The highest BCUT2D eigenvalue weighted by Gasteiger charge is 2.31. The van der Waals surface area contributed by atoms with E-state index in [4.69, 9.17) is 4.74 Å². The van der Waals surface area contributed by atoms with Gasteiger partial charge in [-0.25, -0.2) is 0 Å². The molecular weight excluding hydrogens is 332 g/mol. The second kappa shape index (κ2) is 6.50. The number of hydrogen-bond donors (Lipinski definition) is 1. The van der Waals surface area contributed by atoms with Crippen LogP contribution in [-0.2, 0) is 31.8 Å². The predicted octanol–water partition coefficient (Wildman–Crippen LogP) is 1.77. The number of hydrogen-bond acceptors (Lipinski definition) is 5. The molecule has 3 heterocycles. The molecule has 1 N–H and O–H groups in total. The van der Waals surface area contributed by atoms with Crippen molar-refractivity contribution in [3.05, 3.63) is 28.6 Å². The van der Waals surface area contributed by atoms with Gasteiger partial charge in [0.2, 0.25) is 0 Å². The van der Waals surface area contributed by atoms with Crippen LogP contribution < -0.4 is 5.32 Å². The molecule has 2 atom stereocenters. The molecule has 0 spiro atoms. The minimum atomic E-state index is -0.170. The molecule has 140 valence electrons. The molecule has 1 saturated carbocycles. The van der Waals surface area contributed by atoms with E-state index in [0.29, 0.717) is 24.6 Å². The maximum absolute atomic E-state index is 12.8. The van der Waals surface area contributed by atoms with Crippen molar-refractivity contribution < 1.29 is 9.53 Å². The normalized spacial score (nSPS) is 22.8. The molecule has 4 rings (SSSR count). The minimum absolute atomic E-state index is 0.0587. The number of carbonyl (C=O) groups excluding carboxylic acids is 1. The third kappa shape index (κ3) is 2.82. The first-order chi connectivity index (χ1) is 12.5. The lowest BCUT2D eigenvalue weighted by atomic mass is 9.85. The summed E-state index contributed by atoms with van der Waals surface area (Å²) in [5.74, 6) is 2.14. The predicted molar refractivity (Wildman–Crippen MR) is 94.6 cm³/mol. The average molecular weight is 358 g/mol. The number of nitrogens with zero attached hydrogens (tertiary/aromatic N) is 5. The van der Waals surface area contributed by atoms with Crippen molar-refractivity contribution in [1.29, 1.82) is 0 Å². The molecule has 2 aromatic rings. The standard InChI is InChI=1S/C18H26N6O2/c1-10-8-13-15(22-24(4)16(13)11(2)26-10)18(25)19-9-14-20-21-17(23(14)3)12-6-5-7-12/h10-12H,5-9H2,1-4H3,(H,19,25)/t10-,11+/m1/s1. The summed E-state index contributed by atoms with van der Waals surface area (Å²) in [6, 6.07) is 0. The average Bonchev–Trinajstić information content (AvgIpc) is 3.05. The van der Waals surface area contributed by atoms with E-state index in [1.54, 1.807) is 4.68 Å². The molecule has 8 nitrogen and oxygen atoms in total. The van der Waals surface area contributed by atoms with Gasteiger partial charge in [0.05, 0.1) is 24.4 Å². The molecule has 0 unspecified atom stereocenters. The van der Waals surface area contributed by atoms with Crippen molar-refractivity contribution in [2.45, 2.75) is 64.2 Å². The van der Waals surface area contributed by atoms with E-state index in [1.807, 2.05) is 32.5 Å². The Morgan fingerprint density at radius 2 is 2.04 bits per heavy atom. The first-order valence-corrected chi connectivity index (χ1v) is 9.33. The maximum atomic E-state index is 12.8. The van der Waals surface area contributed by atoms with Gasteiger partial charge < -0.3 is 14.6 Å². The quantitative estimate of drug-likeness (QED) is 0.900. The van der Waals surface area contributed by atoms with E-state index in [1.165, 1.54) is 19.3 Å². The zero-order valence-electron chi connectivity index (χ0n) is 15.8. The monoisotopic (exact) mass is 358 g/mol. The smallest absolute Gasteiger partial charge is 0.272 e. The van der Waals surface area contributed by atoms with E-state index in [9.17, 15) is 4.79 Å². The number of nitrogens with one attached hydrogen (secondary N) is 1. The Morgan fingerprint density at radius 1 is 1.27 bits per heavy atom. The van der Waals surface area contributed by atoms with Gasteiger partial charge in [-0.05, 0) is 26.7 Å². The van der Waals surface area contributed by atoms with Crippen molar-refractivity contribution >= 4 is 5.91 Å².